The molecule has 2 N–H and O–H groups in total. The lowest BCUT2D eigenvalue weighted by atomic mass is 9.87. The molecule has 0 fully saturated rings. The first kappa shape index (κ1) is 38.0. The van der Waals surface area contributed by atoms with Crippen molar-refractivity contribution in [2.75, 3.05) is 26.4 Å². The molecule has 0 unspecified atom stereocenters. The van der Waals surface area contributed by atoms with E-state index in [2.05, 4.69) is 51.5 Å². The smallest absolute Gasteiger partial charge is 0.270 e. The number of nitro groups is 2. The second-order valence-corrected chi connectivity index (χ2v) is 13.7. The van der Waals surface area contributed by atoms with E-state index in [1.165, 1.54) is 48.8 Å². The summed E-state index contributed by atoms with van der Waals surface area (Å²) in [6, 6.07) is 18.7. The molecule has 0 heterocycles. The molecule has 0 saturated heterocycles. The number of aliphatic imine (C=N–C) groups is 2. The van der Waals surface area contributed by atoms with Crippen molar-refractivity contribution in [1.82, 2.24) is 0 Å². The number of nitro benzene ring substituents is 2. The maximum Gasteiger partial charge on any atom is 0.270 e. The van der Waals surface area contributed by atoms with Crippen LogP contribution in [0.2, 0.25) is 0 Å². The molecule has 4 aromatic rings. The van der Waals surface area contributed by atoms with E-state index in [0.717, 1.165) is 11.1 Å². The van der Waals surface area contributed by atoms with Crippen molar-refractivity contribution >= 4 is 35.2 Å². The van der Waals surface area contributed by atoms with Gasteiger partial charge in [0.2, 0.25) is 0 Å². The summed E-state index contributed by atoms with van der Waals surface area (Å²) < 4.78 is 17.7. The molecule has 4 rings (SSSR count). The monoisotopic (exact) mass is 698 g/mol. The molecule has 0 amide bonds. The van der Waals surface area contributed by atoms with Crippen LogP contribution in [-0.4, -0.2) is 58.9 Å². The van der Waals surface area contributed by atoms with Gasteiger partial charge in [0.15, 0.2) is 0 Å². The van der Waals surface area contributed by atoms with Crippen LogP contribution >= 0.6 is 0 Å². The third-order valence-electron chi connectivity index (χ3n) is 7.75. The van der Waals surface area contributed by atoms with Crippen molar-refractivity contribution in [2.24, 2.45) is 9.98 Å². The van der Waals surface area contributed by atoms with Crippen molar-refractivity contribution in [3.63, 3.8) is 0 Å². The molecular weight excluding hydrogens is 656 g/mol. The second kappa shape index (κ2) is 16.3. The van der Waals surface area contributed by atoms with E-state index in [0.29, 0.717) is 22.9 Å². The molecule has 4 aromatic carbocycles. The highest BCUT2D eigenvalue weighted by Crippen LogP contribution is 2.36. The van der Waals surface area contributed by atoms with Gasteiger partial charge >= 0.3 is 0 Å². The van der Waals surface area contributed by atoms with Gasteiger partial charge in [-0.05, 0) is 58.4 Å². The van der Waals surface area contributed by atoms with Crippen molar-refractivity contribution in [2.45, 2.75) is 52.4 Å². The molecule has 0 spiro atoms. The molecule has 0 aliphatic rings. The van der Waals surface area contributed by atoms with Gasteiger partial charge in [0.25, 0.3) is 11.4 Å². The van der Waals surface area contributed by atoms with E-state index in [9.17, 15) is 30.4 Å². The molecule has 0 saturated carbocycles. The number of benzene rings is 4. The third kappa shape index (κ3) is 10.6. The van der Waals surface area contributed by atoms with Crippen LogP contribution in [0.4, 0.5) is 22.7 Å². The Balaban J connectivity index is 1.39. The number of non-ortho nitro benzene ring substituents is 2. The van der Waals surface area contributed by atoms with Crippen LogP contribution in [-0.2, 0) is 15.6 Å². The summed E-state index contributed by atoms with van der Waals surface area (Å²) in [4.78, 5) is 30.4. The Morgan fingerprint density at radius 1 is 0.608 bits per heavy atom. The Morgan fingerprint density at radius 3 is 1.35 bits per heavy atom. The second-order valence-electron chi connectivity index (χ2n) is 13.7. The highest BCUT2D eigenvalue weighted by Gasteiger charge is 2.18. The lowest BCUT2D eigenvalue weighted by Gasteiger charge is -2.20. The zero-order valence-electron chi connectivity index (χ0n) is 29.5. The molecular formula is C38H42N4O9. The van der Waals surface area contributed by atoms with E-state index in [1.807, 2.05) is 24.3 Å². The Hall–Kier alpha value is -5.82. The average Bonchev–Trinajstić information content (AvgIpc) is 3.06. The maximum absolute atomic E-state index is 11.2. The minimum Gasteiger partial charge on any atom is -0.507 e. The molecule has 0 aliphatic heterocycles. The molecule has 13 heteroatoms. The summed E-state index contributed by atoms with van der Waals surface area (Å²) in [5.74, 6) is 0.668. The van der Waals surface area contributed by atoms with Gasteiger partial charge in [-0.25, -0.2) is 0 Å². The quantitative estimate of drug-likeness (QED) is 0.0565. The molecule has 51 heavy (non-hydrogen) atoms. The van der Waals surface area contributed by atoms with Crippen LogP contribution in [0.15, 0.2) is 82.8 Å². The van der Waals surface area contributed by atoms with E-state index in [1.54, 1.807) is 12.1 Å². The molecule has 0 atom stereocenters. The van der Waals surface area contributed by atoms with Crippen molar-refractivity contribution in [1.29, 1.82) is 0 Å². The number of rotatable bonds is 14. The summed E-state index contributed by atoms with van der Waals surface area (Å²) in [6.45, 7) is 13.3. The Morgan fingerprint density at radius 2 is 1.00 bits per heavy atom. The Labute approximate surface area is 296 Å². The maximum atomic E-state index is 11.2. The SMILES string of the molecule is CC(C)(C)c1ccc(OCCOCCOc2ccc(C(C)(C)C)cc2N=Cc2cc([N+](=O)[O-])ccc2O)c(N=Cc2cc([N+](=O)[O-])ccc2O)c1. The number of ether oxygens (including phenoxy) is 3. The van der Waals surface area contributed by atoms with Gasteiger partial charge in [0.05, 0.1) is 23.1 Å². The normalized spacial score (nSPS) is 12.0. The van der Waals surface area contributed by atoms with E-state index in [-0.39, 0.29) is 71.3 Å². The van der Waals surface area contributed by atoms with E-state index >= 15 is 0 Å². The first-order valence-electron chi connectivity index (χ1n) is 16.2. The van der Waals surface area contributed by atoms with Crippen molar-refractivity contribution in [3.05, 3.63) is 115 Å². The average molecular weight is 699 g/mol. The standard InChI is InChI=1S/C38H42N4O9/c1-37(2,3)27-7-13-35(31(21-27)39-23-25-19-29(41(45)46)9-11-33(25)43)50-17-15-49-16-18-51-36-14-8-28(38(4,5)6)22-32(36)40-24-26-20-30(42(47)48)10-12-34(26)44/h7-14,19-24,43-44H,15-18H2,1-6H3. The Bertz CT molecular complexity index is 1800. The molecule has 0 aliphatic carbocycles. The minimum atomic E-state index is -0.540. The fourth-order valence-electron chi connectivity index (χ4n) is 4.73. The van der Waals surface area contributed by atoms with Gasteiger partial charge in [-0.2, -0.15) is 0 Å². The predicted molar refractivity (Wildman–Crippen MR) is 196 cm³/mol. The first-order valence-corrected chi connectivity index (χ1v) is 16.2. The number of phenolic OH excluding ortho intramolecular Hbond substituents is 2. The van der Waals surface area contributed by atoms with Gasteiger partial charge in [0.1, 0.15) is 47.6 Å². The van der Waals surface area contributed by atoms with Crippen LogP contribution in [0.25, 0.3) is 0 Å². The summed E-state index contributed by atoms with van der Waals surface area (Å²) in [6.07, 6.45) is 2.73. The van der Waals surface area contributed by atoms with Gasteiger partial charge < -0.3 is 24.4 Å². The highest BCUT2D eigenvalue weighted by molar-refractivity contribution is 5.87. The van der Waals surface area contributed by atoms with Crippen LogP contribution in [0.3, 0.4) is 0 Å². The molecule has 0 radical (unpaired) electrons. The van der Waals surface area contributed by atoms with Gasteiger partial charge in [0, 0.05) is 47.8 Å². The Kier molecular flexibility index (Phi) is 12.1. The first-order chi connectivity index (χ1) is 24.0. The number of nitrogens with zero attached hydrogens (tertiary/aromatic N) is 4. The fraction of sp³-hybridized carbons (Fsp3) is 0.316. The molecule has 13 nitrogen and oxygen atoms in total. The summed E-state index contributed by atoms with van der Waals surface area (Å²) in [5, 5.41) is 42.9. The molecule has 0 bridgehead atoms. The molecule has 0 aromatic heterocycles. The summed E-state index contributed by atoms with van der Waals surface area (Å²) >= 11 is 0. The van der Waals surface area contributed by atoms with E-state index < -0.39 is 9.85 Å². The molecule has 268 valence electrons. The van der Waals surface area contributed by atoms with Crippen LogP contribution in [0, 0.1) is 20.2 Å². The number of hydrogen-bond acceptors (Lipinski definition) is 11. The largest absolute Gasteiger partial charge is 0.507 e. The lowest BCUT2D eigenvalue weighted by Crippen LogP contribution is -2.13. The van der Waals surface area contributed by atoms with Crippen LogP contribution in [0.1, 0.15) is 63.8 Å². The van der Waals surface area contributed by atoms with E-state index in [4.69, 9.17) is 14.2 Å². The summed E-state index contributed by atoms with van der Waals surface area (Å²) in [7, 11) is 0. The predicted octanol–water partition coefficient (Wildman–Crippen LogP) is 8.48. The van der Waals surface area contributed by atoms with Crippen LogP contribution in [0.5, 0.6) is 23.0 Å². The summed E-state index contributed by atoms with van der Waals surface area (Å²) in [5.41, 5.74) is 2.68. The third-order valence-corrected chi connectivity index (χ3v) is 7.75. The van der Waals surface area contributed by atoms with Gasteiger partial charge in [-0.15, -0.1) is 0 Å². The zero-order valence-corrected chi connectivity index (χ0v) is 29.5. The zero-order chi connectivity index (χ0) is 37.3. The van der Waals surface area contributed by atoms with Crippen LogP contribution < -0.4 is 9.47 Å². The number of aromatic hydroxyl groups is 2. The van der Waals surface area contributed by atoms with Crippen molar-refractivity contribution < 1.29 is 34.3 Å². The fourth-order valence-corrected chi connectivity index (χ4v) is 4.73. The number of phenols is 2. The highest BCUT2D eigenvalue weighted by atomic mass is 16.6. The minimum absolute atomic E-state index is 0.139. The lowest BCUT2D eigenvalue weighted by molar-refractivity contribution is -0.385. The topological polar surface area (TPSA) is 179 Å². The number of hydrogen-bond donors (Lipinski definition) is 2. The van der Waals surface area contributed by atoms with Gasteiger partial charge in [-0.3, -0.25) is 30.2 Å². The van der Waals surface area contributed by atoms with Gasteiger partial charge in [-0.1, -0.05) is 53.7 Å². The van der Waals surface area contributed by atoms with Crippen molar-refractivity contribution in [3.8, 4) is 23.0 Å².